The minimum atomic E-state index is -0.434. The third kappa shape index (κ3) is 6.73. The fourth-order valence-electron chi connectivity index (χ4n) is 3.38. The van der Waals surface area contributed by atoms with E-state index in [0.717, 1.165) is 18.5 Å². The van der Waals surface area contributed by atoms with Crippen LogP contribution in [0.2, 0.25) is 5.02 Å². The molecule has 3 aromatic rings. The van der Waals surface area contributed by atoms with Gasteiger partial charge < -0.3 is 15.0 Å². The topological polar surface area (TPSA) is 71.5 Å². The molecule has 4 rings (SSSR count). The van der Waals surface area contributed by atoms with Gasteiger partial charge in [-0.25, -0.2) is 9.18 Å². The van der Waals surface area contributed by atoms with Gasteiger partial charge in [0.2, 0.25) is 0 Å². The number of nitrogens with zero attached hydrogens (tertiary/aromatic N) is 2. The van der Waals surface area contributed by atoms with E-state index in [4.69, 9.17) is 16.3 Å². The summed E-state index contributed by atoms with van der Waals surface area (Å²) in [7, 11) is 2.02. The predicted octanol–water partition coefficient (Wildman–Crippen LogP) is 5.33. The van der Waals surface area contributed by atoms with Gasteiger partial charge in [0, 0.05) is 35.8 Å². The molecule has 1 N–H and O–H groups in total. The largest absolute Gasteiger partial charge is 0.444 e. The molecular weight excluding hydrogens is 445 g/mol. The van der Waals surface area contributed by atoms with Gasteiger partial charge in [-0.3, -0.25) is 9.78 Å². The first-order chi connectivity index (χ1) is 15.6. The Kier molecular flexibility index (Phi) is 7.66. The van der Waals surface area contributed by atoms with Crippen molar-refractivity contribution >= 4 is 34.9 Å². The Bertz CT molecular complexity index is 1160. The highest BCUT2D eigenvalue weighted by atomic mass is 35.5. The number of hydrogen-bond donors (Lipinski definition) is 1. The van der Waals surface area contributed by atoms with Crippen molar-refractivity contribution in [2.24, 2.45) is 0 Å². The third-order valence-corrected chi connectivity index (χ3v) is 5.24. The van der Waals surface area contributed by atoms with Gasteiger partial charge in [-0.1, -0.05) is 35.9 Å². The highest BCUT2D eigenvalue weighted by molar-refractivity contribution is 6.35. The van der Waals surface area contributed by atoms with Gasteiger partial charge in [0.05, 0.1) is 16.6 Å². The molecule has 2 aromatic carbocycles. The van der Waals surface area contributed by atoms with E-state index in [0.29, 0.717) is 33.5 Å². The van der Waals surface area contributed by atoms with Crippen LogP contribution in [0, 0.1) is 5.82 Å². The van der Waals surface area contributed by atoms with Crippen LogP contribution in [0.25, 0.3) is 22.0 Å². The summed E-state index contributed by atoms with van der Waals surface area (Å²) in [5, 5.41) is 4.23. The summed E-state index contributed by atoms with van der Waals surface area (Å²) in [5.41, 5.74) is 1.74. The van der Waals surface area contributed by atoms with E-state index in [2.05, 4.69) is 15.2 Å². The van der Waals surface area contributed by atoms with Crippen molar-refractivity contribution in [1.82, 2.24) is 15.2 Å². The molecule has 0 atom stereocenters. The number of fused-ring (bicyclic) bond motifs is 1. The quantitative estimate of drug-likeness (QED) is 0.522. The number of nitrogens with one attached hydrogen (secondary N) is 1. The normalized spacial score (nSPS) is 14.1. The lowest BCUT2D eigenvalue weighted by Crippen LogP contribution is -2.58. The van der Waals surface area contributed by atoms with Gasteiger partial charge in [-0.15, -0.1) is 0 Å². The molecule has 1 fully saturated rings. The molecule has 8 heteroatoms. The number of ether oxygens (including phenoxy) is 1. The molecule has 1 aromatic heterocycles. The number of carbonyl (C=O) groups excluding carboxylic acids is 2. The number of rotatable bonds is 3. The summed E-state index contributed by atoms with van der Waals surface area (Å²) in [6, 6.07) is 11.7. The van der Waals surface area contributed by atoms with Gasteiger partial charge in [-0.05, 0) is 51.6 Å². The standard InChI is InChI=1S/C16H9ClFNO.C9H18N2O2/c17-14-5-6-19-16-8-11(2-4-13(14)16)12-3-1-10(9-20)7-15(12)18;1-9(2,3)13-8(12)10-7-5-11(4)6-7/h1-9H;7H,5-6H2,1-4H3,(H,10,12). The molecule has 174 valence electrons. The maximum absolute atomic E-state index is 14.0. The van der Waals surface area contributed by atoms with Crippen molar-refractivity contribution in [3.8, 4) is 11.1 Å². The van der Waals surface area contributed by atoms with Crippen LogP contribution >= 0.6 is 11.6 Å². The van der Waals surface area contributed by atoms with Gasteiger partial charge in [0.1, 0.15) is 17.7 Å². The van der Waals surface area contributed by atoms with Crippen LogP contribution in [0.15, 0.2) is 48.7 Å². The molecule has 0 aliphatic carbocycles. The second-order valence-corrected chi connectivity index (χ2v) is 9.35. The Balaban J connectivity index is 0.000000205. The highest BCUT2D eigenvalue weighted by Crippen LogP contribution is 2.29. The summed E-state index contributed by atoms with van der Waals surface area (Å²) in [5.74, 6) is -0.434. The maximum Gasteiger partial charge on any atom is 0.407 e. The lowest BCUT2D eigenvalue weighted by atomic mass is 10.0. The van der Waals surface area contributed by atoms with E-state index in [1.165, 1.54) is 6.07 Å². The minimum absolute atomic E-state index is 0.264. The van der Waals surface area contributed by atoms with Crippen LogP contribution in [-0.4, -0.2) is 54.0 Å². The molecule has 0 radical (unpaired) electrons. The lowest BCUT2D eigenvalue weighted by Gasteiger charge is -2.36. The number of alkyl carbamates (subject to hydrolysis) is 1. The Morgan fingerprint density at radius 1 is 1.21 bits per heavy atom. The molecule has 33 heavy (non-hydrogen) atoms. The third-order valence-electron chi connectivity index (χ3n) is 4.91. The number of halogens is 2. The van der Waals surface area contributed by atoms with Crippen molar-refractivity contribution < 1.29 is 18.7 Å². The first kappa shape index (κ1) is 24.6. The lowest BCUT2D eigenvalue weighted by molar-refractivity contribution is 0.0429. The number of benzene rings is 2. The number of likely N-dealkylation sites (tertiary alicyclic amines) is 1. The minimum Gasteiger partial charge on any atom is -0.444 e. The molecule has 1 aliphatic rings. The highest BCUT2D eigenvalue weighted by Gasteiger charge is 2.26. The molecule has 0 bridgehead atoms. The van der Waals surface area contributed by atoms with Gasteiger partial charge in [-0.2, -0.15) is 0 Å². The van der Waals surface area contributed by atoms with Crippen molar-refractivity contribution in [3.63, 3.8) is 0 Å². The molecule has 1 amide bonds. The van der Waals surface area contributed by atoms with E-state index in [-0.39, 0.29) is 12.1 Å². The zero-order valence-electron chi connectivity index (χ0n) is 19.1. The molecule has 0 unspecified atom stereocenters. The molecule has 2 heterocycles. The Hall–Kier alpha value is -3.03. The van der Waals surface area contributed by atoms with Crippen LogP contribution in [0.5, 0.6) is 0 Å². The Morgan fingerprint density at radius 3 is 2.55 bits per heavy atom. The van der Waals surface area contributed by atoms with Gasteiger partial charge in [0.25, 0.3) is 0 Å². The van der Waals surface area contributed by atoms with Crippen molar-refractivity contribution in [2.45, 2.75) is 32.4 Å². The zero-order chi connectivity index (χ0) is 24.2. The van der Waals surface area contributed by atoms with Crippen LogP contribution in [-0.2, 0) is 4.74 Å². The van der Waals surface area contributed by atoms with Gasteiger partial charge in [0.15, 0.2) is 0 Å². The van der Waals surface area contributed by atoms with Crippen LogP contribution in [0.3, 0.4) is 0 Å². The average Bonchev–Trinajstić information content (AvgIpc) is 2.71. The molecular formula is C25H27ClFN3O3. The van der Waals surface area contributed by atoms with Crippen molar-refractivity contribution in [2.75, 3.05) is 20.1 Å². The second kappa shape index (κ2) is 10.3. The number of amides is 1. The fraction of sp³-hybridized carbons (Fsp3) is 0.320. The number of aromatic nitrogens is 1. The molecule has 6 nitrogen and oxygen atoms in total. The summed E-state index contributed by atoms with van der Waals surface area (Å²) in [4.78, 5) is 28.2. The van der Waals surface area contributed by atoms with Crippen LogP contribution < -0.4 is 5.32 Å². The fourth-order valence-corrected chi connectivity index (χ4v) is 3.60. The van der Waals surface area contributed by atoms with E-state index in [1.54, 1.807) is 36.5 Å². The molecule has 1 aliphatic heterocycles. The van der Waals surface area contributed by atoms with Crippen molar-refractivity contribution in [3.05, 3.63) is 65.1 Å². The second-order valence-electron chi connectivity index (χ2n) is 8.95. The number of likely N-dealkylation sites (N-methyl/N-ethyl adjacent to an activating group) is 1. The number of carbonyl (C=O) groups is 2. The Labute approximate surface area is 197 Å². The van der Waals surface area contributed by atoms with Gasteiger partial charge >= 0.3 is 6.09 Å². The van der Waals surface area contributed by atoms with Crippen LogP contribution in [0.1, 0.15) is 31.1 Å². The Morgan fingerprint density at radius 2 is 1.94 bits per heavy atom. The average molecular weight is 472 g/mol. The zero-order valence-corrected chi connectivity index (χ0v) is 19.8. The molecule has 1 saturated heterocycles. The van der Waals surface area contributed by atoms with E-state index in [1.807, 2.05) is 33.9 Å². The molecule has 0 spiro atoms. The van der Waals surface area contributed by atoms with E-state index >= 15 is 0 Å². The van der Waals surface area contributed by atoms with Crippen molar-refractivity contribution in [1.29, 1.82) is 0 Å². The predicted molar refractivity (Wildman–Crippen MR) is 128 cm³/mol. The van der Waals surface area contributed by atoms with Crippen LogP contribution in [0.4, 0.5) is 9.18 Å². The maximum atomic E-state index is 14.0. The first-order valence-corrected chi connectivity index (χ1v) is 10.9. The summed E-state index contributed by atoms with van der Waals surface area (Å²) in [6.45, 7) is 7.41. The number of hydrogen-bond acceptors (Lipinski definition) is 5. The summed E-state index contributed by atoms with van der Waals surface area (Å²) in [6.07, 6.45) is 1.92. The smallest absolute Gasteiger partial charge is 0.407 e. The van der Waals surface area contributed by atoms with E-state index in [9.17, 15) is 14.0 Å². The first-order valence-electron chi connectivity index (χ1n) is 10.5. The summed E-state index contributed by atoms with van der Waals surface area (Å²) < 4.78 is 19.1. The monoisotopic (exact) mass is 471 g/mol. The van der Waals surface area contributed by atoms with E-state index < -0.39 is 11.4 Å². The SMILES string of the molecule is CN1CC(NC(=O)OC(C)(C)C)C1.O=Cc1ccc(-c2ccc3c(Cl)ccnc3c2)c(F)c1. The number of pyridine rings is 1. The summed E-state index contributed by atoms with van der Waals surface area (Å²) >= 11 is 6.07. The number of aldehydes is 1. The molecule has 0 saturated carbocycles.